The smallest absolute Gasteiger partial charge is 0.0122 e. The van der Waals surface area contributed by atoms with Gasteiger partial charge in [-0.15, -0.1) is 0 Å². The van der Waals surface area contributed by atoms with Crippen LogP contribution in [-0.2, 0) is 0 Å². The van der Waals surface area contributed by atoms with Crippen LogP contribution in [0.4, 0.5) is 0 Å². The molecule has 0 bridgehead atoms. The molecule has 0 saturated heterocycles. The largest absolute Gasteiger partial charge is 0.0901 e. The van der Waals surface area contributed by atoms with Crippen molar-refractivity contribution in [2.75, 3.05) is 0 Å². The lowest BCUT2D eigenvalue weighted by molar-refractivity contribution is 1.09. The van der Waals surface area contributed by atoms with Crippen LogP contribution in [0.5, 0.6) is 0 Å². The third-order valence-electron chi connectivity index (χ3n) is 1.72. The van der Waals surface area contributed by atoms with Gasteiger partial charge < -0.3 is 0 Å². The summed E-state index contributed by atoms with van der Waals surface area (Å²) in [5.41, 5.74) is 0. The second-order valence-corrected chi connectivity index (χ2v) is 4.58. The van der Waals surface area contributed by atoms with E-state index >= 15 is 0 Å². The molecule has 16 heavy (non-hydrogen) atoms. The lowest BCUT2D eigenvalue weighted by atomic mass is 10.4. The highest BCUT2D eigenvalue weighted by molar-refractivity contribution is 7.99. The van der Waals surface area contributed by atoms with E-state index < -0.39 is 0 Å². The fourth-order valence-electron chi connectivity index (χ4n) is 1.11. The second-order valence-electron chi connectivity index (χ2n) is 3.44. The van der Waals surface area contributed by atoms with Crippen LogP contribution in [0.25, 0.3) is 0 Å². The highest BCUT2D eigenvalue weighted by Crippen LogP contribution is 2.26. The van der Waals surface area contributed by atoms with E-state index in [2.05, 4.69) is 62.4 Å². The molecular formula is C15H18S. The molecule has 2 aromatic rings. The molecule has 0 radical (unpaired) electrons. The summed E-state index contributed by atoms with van der Waals surface area (Å²) in [4.78, 5) is 2.57. The summed E-state index contributed by atoms with van der Waals surface area (Å²) in [7, 11) is 0. The molecule has 84 valence electrons. The van der Waals surface area contributed by atoms with Crippen molar-refractivity contribution in [2.24, 2.45) is 0 Å². The Morgan fingerprint density at radius 2 is 1.00 bits per heavy atom. The topological polar surface area (TPSA) is 0 Å². The summed E-state index contributed by atoms with van der Waals surface area (Å²) >= 11 is 1.79. The first-order chi connectivity index (χ1) is 7.86. The molecule has 0 aliphatic carbocycles. The fraction of sp³-hybridized carbons (Fsp3) is 0.200. The Balaban J connectivity index is 0.000000386. The van der Waals surface area contributed by atoms with Gasteiger partial charge in [0.2, 0.25) is 0 Å². The van der Waals surface area contributed by atoms with Crippen LogP contribution in [0.2, 0.25) is 0 Å². The van der Waals surface area contributed by atoms with Crippen LogP contribution in [0.1, 0.15) is 20.3 Å². The van der Waals surface area contributed by atoms with Crippen molar-refractivity contribution < 1.29 is 0 Å². The fourth-order valence-corrected chi connectivity index (χ4v) is 1.97. The molecule has 0 amide bonds. The first-order valence-corrected chi connectivity index (χ1v) is 6.46. The van der Waals surface area contributed by atoms with E-state index in [1.807, 2.05) is 12.1 Å². The van der Waals surface area contributed by atoms with E-state index in [9.17, 15) is 0 Å². The van der Waals surface area contributed by atoms with Crippen molar-refractivity contribution >= 4 is 11.8 Å². The maximum atomic E-state index is 2.12. The molecule has 2 rings (SSSR count). The summed E-state index contributed by atoms with van der Waals surface area (Å²) in [5.74, 6) is 0. The highest BCUT2D eigenvalue weighted by Gasteiger charge is 1.93. The Hall–Kier alpha value is -1.21. The first kappa shape index (κ1) is 12.9. The Bertz CT molecular complexity index is 330. The third-order valence-corrected chi connectivity index (χ3v) is 2.74. The molecule has 2 aromatic carbocycles. The van der Waals surface area contributed by atoms with Crippen molar-refractivity contribution in [1.82, 2.24) is 0 Å². The maximum Gasteiger partial charge on any atom is 0.0122 e. The molecule has 0 spiro atoms. The van der Waals surface area contributed by atoms with E-state index in [1.54, 1.807) is 11.8 Å². The van der Waals surface area contributed by atoms with Gasteiger partial charge in [-0.2, -0.15) is 0 Å². The van der Waals surface area contributed by atoms with Gasteiger partial charge in [0.25, 0.3) is 0 Å². The summed E-state index contributed by atoms with van der Waals surface area (Å²) in [6.07, 6.45) is 1.25. The predicted molar refractivity (Wildman–Crippen MR) is 73.0 cm³/mol. The molecular weight excluding hydrogens is 212 g/mol. The van der Waals surface area contributed by atoms with Crippen molar-refractivity contribution in [3.63, 3.8) is 0 Å². The summed E-state index contributed by atoms with van der Waals surface area (Å²) in [6, 6.07) is 20.8. The van der Waals surface area contributed by atoms with Crippen molar-refractivity contribution in [1.29, 1.82) is 0 Å². The number of benzene rings is 2. The molecule has 0 nitrogen and oxygen atoms in total. The lowest BCUT2D eigenvalue weighted by Crippen LogP contribution is -1.70. The van der Waals surface area contributed by atoms with Crippen molar-refractivity contribution in [3.05, 3.63) is 60.7 Å². The quantitative estimate of drug-likeness (QED) is 0.678. The molecule has 0 unspecified atom stereocenters. The molecule has 0 heterocycles. The zero-order valence-electron chi connectivity index (χ0n) is 9.89. The van der Waals surface area contributed by atoms with E-state index in [1.165, 1.54) is 16.2 Å². The normalized spacial score (nSPS) is 9.12. The molecule has 0 aliphatic rings. The van der Waals surface area contributed by atoms with Gasteiger partial charge in [0.1, 0.15) is 0 Å². The second kappa shape index (κ2) is 8.00. The minimum Gasteiger partial charge on any atom is -0.0901 e. The average Bonchev–Trinajstić information content (AvgIpc) is 2.33. The third kappa shape index (κ3) is 5.04. The Labute approximate surface area is 103 Å². The summed E-state index contributed by atoms with van der Waals surface area (Å²) in [6.45, 7) is 4.25. The molecule has 0 saturated carbocycles. The Morgan fingerprint density at radius 1 is 0.688 bits per heavy atom. The summed E-state index contributed by atoms with van der Waals surface area (Å²) in [5, 5.41) is 0. The van der Waals surface area contributed by atoms with Crippen LogP contribution in [0.3, 0.4) is 0 Å². The molecule has 0 aliphatic heterocycles. The van der Waals surface area contributed by atoms with Gasteiger partial charge in [0, 0.05) is 9.79 Å². The molecule has 0 fully saturated rings. The first-order valence-electron chi connectivity index (χ1n) is 5.64. The van der Waals surface area contributed by atoms with E-state index in [4.69, 9.17) is 0 Å². The average molecular weight is 230 g/mol. The van der Waals surface area contributed by atoms with E-state index in [0.29, 0.717) is 0 Å². The maximum absolute atomic E-state index is 2.12. The number of rotatable bonds is 2. The van der Waals surface area contributed by atoms with Gasteiger partial charge in [-0.05, 0) is 24.3 Å². The van der Waals surface area contributed by atoms with Crippen molar-refractivity contribution in [3.8, 4) is 0 Å². The summed E-state index contributed by atoms with van der Waals surface area (Å²) < 4.78 is 0. The monoisotopic (exact) mass is 230 g/mol. The molecule has 0 N–H and O–H groups in total. The number of hydrogen-bond donors (Lipinski definition) is 0. The van der Waals surface area contributed by atoms with Crippen LogP contribution in [0.15, 0.2) is 70.5 Å². The molecule has 0 atom stereocenters. The minimum absolute atomic E-state index is 1.25. The lowest BCUT2D eigenvalue weighted by Gasteiger charge is -1.99. The predicted octanol–water partition coefficient (Wildman–Crippen LogP) is 5.25. The van der Waals surface area contributed by atoms with Gasteiger partial charge in [0.15, 0.2) is 0 Å². The van der Waals surface area contributed by atoms with Crippen LogP contribution in [0, 0.1) is 0 Å². The van der Waals surface area contributed by atoms with Gasteiger partial charge >= 0.3 is 0 Å². The zero-order chi connectivity index (χ0) is 11.6. The zero-order valence-corrected chi connectivity index (χ0v) is 10.7. The van der Waals surface area contributed by atoms with Gasteiger partial charge in [0.05, 0.1) is 0 Å². The number of hydrogen-bond acceptors (Lipinski definition) is 1. The van der Waals surface area contributed by atoms with Gasteiger partial charge in [-0.25, -0.2) is 0 Å². The minimum atomic E-state index is 1.25. The SMILES string of the molecule is CCC.c1ccc(Sc2ccccc2)cc1. The van der Waals surface area contributed by atoms with Crippen LogP contribution >= 0.6 is 11.8 Å². The standard InChI is InChI=1S/C12H10S.C3H8/c1-3-7-11(8-4-1)13-12-9-5-2-6-10-12;1-3-2/h1-10H;3H2,1-2H3. The molecule has 0 aromatic heterocycles. The Kier molecular flexibility index (Phi) is 6.43. The highest BCUT2D eigenvalue weighted by atomic mass is 32.2. The van der Waals surface area contributed by atoms with E-state index in [0.717, 1.165) is 0 Å². The van der Waals surface area contributed by atoms with Gasteiger partial charge in [-0.1, -0.05) is 68.4 Å². The van der Waals surface area contributed by atoms with Crippen LogP contribution in [-0.4, -0.2) is 0 Å². The Morgan fingerprint density at radius 3 is 1.31 bits per heavy atom. The molecule has 1 heteroatoms. The van der Waals surface area contributed by atoms with E-state index in [-0.39, 0.29) is 0 Å². The van der Waals surface area contributed by atoms with Crippen LogP contribution < -0.4 is 0 Å². The van der Waals surface area contributed by atoms with Crippen molar-refractivity contribution in [2.45, 2.75) is 30.1 Å². The van der Waals surface area contributed by atoms with Gasteiger partial charge in [-0.3, -0.25) is 0 Å².